The van der Waals surface area contributed by atoms with E-state index in [4.69, 9.17) is 0 Å². The van der Waals surface area contributed by atoms with Crippen molar-refractivity contribution in [3.8, 4) is 0 Å². The lowest BCUT2D eigenvalue weighted by Gasteiger charge is -2.35. The first-order valence-corrected chi connectivity index (χ1v) is 9.62. The van der Waals surface area contributed by atoms with Gasteiger partial charge in [-0.3, -0.25) is 0 Å². The van der Waals surface area contributed by atoms with Gasteiger partial charge < -0.3 is 10.2 Å². The number of hydrogen-bond acceptors (Lipinski definition) is 4. The van der Waals surface area contributed by atoms with E-state index in [0.717, 1.165) is 51.9 Å². The van der Waals surface area contributed by atoms with Gasteiger partial charge >= 0.3 is 0 Å². The maximum absolute atomic E-state index is 12.6. The summed E-state index contributed by atoms with van der Waals surface area (Å²) < 4.78 is 29.7. The quantitative estimate of drug-likeness (QED) is 0.706. The van der Waals surface area contributed by atoms with Crippen LogP contribution in [-0.2, 0) is 10.2 Å². The molecule has 6 nitrogen and oxygen atoms in total. The van der Waals surface area contributed by atoms with E-state index in [1.807, 2.05) is 0 Å². The van der Waals surface area contributed by atoms with Crippen molar-refractivity contribution in [1.82, 2.24) is 19.2 Å². The Labute approximate surface area is 129 Å². The molecule has 21 heavy (non-hydrogen) atoms. The van der Waals surface area contributed by atoms with Gasteiger partial charge in [0.25, 0.3) is 10.2 Å². The largest absolute Gasteiger partial charge is 0.315 e. The average molecular weight is 318 g/mol. The molecule has 0 bridgehead atoms. The fourth-order valence-electron chi connectivity index (χ4n) is 3.30. The number of likely N-dealkylation sites (N-methyl/N-ethyl adjacent to an activating group) is 1. The molecule has 0 aliphatic carbocycles. The molecule has 2 rings (SSSR count). The fraction of sp³-hybridized carbons (Fsp3) is 1.00. The molecule has 2 saturated heterocycles. The number of piperidine rings is 1. The Balaban J connectivity index is 1.89. The Kier molecular flexibility index (Phi) is 6.43. The molecular weight excluding hydrogens is 288 g/mol. The summed E-state index contributed by atoms with van der Waals surface area (Å²) in [5.74, 6) is 0.446. The molecule has 2 unspecified atom stereocenters. The third-order valence-corrected chi connectivity index (χ3v) is 6.18. The van der Waals surface area contributed by atoms with Crippen molar-refractivity contribution in [2.45, 2.75) is 38.6 Å². The molecule has 2 atom stereocenters. The van der Waals surface area contributed by atoms with E-state index in [0.29, 0.717) is 19.0 Å². The summed E-state index contributed by atoms with van der Waals surface area (Å²) in [7, 11) is -1.25. The number of nitrogens with one attached hydrogen (secondary N) is 2. The van der Waals surface area contributed by atoms with E-state index < -0.39 is 10.2 Å². The normalized spacial score (nSPS) is 29.0. The molecule has 0 amide bonds. The maximum atomic E-state index is 12.6. The van der Waals surface area contributed by atoms with Gasteiger partial charge in [-0.15, -0.1) is 0 Å². The predicted octanol–water partition coefficient (Wildman–Crippen LogP) is 0.237. The highest BCUT2D eigenvalue weighted by molar-refractivity contribution is 7.87. The van der Waals surface area contributed by atoms with Crippen LogP contribution >= 0.6 is 0 Å². The van der Waals surface area contributed by atoms with Crippen LogP contribution in [0.2, 0.25) is 0 Å². The van der Waals surface area contributed by atoms with E-state index in [-0.39, 0.29) is 6.04 Å². The van der Waals surface area contributed by atoms with Gasteiger partial charge in [-0.2, -0.15) is 12.7 Å². The first kappa shape index (κ1) is 17.1. The number of nitrogens with zero attached hydrogens (tertiary/aromatic N) is 2. The van der Waals surface area contributed by atoms with Crippen molar-refractivity contribution >= 4 is 10.2 Å². The van der Waals surface area contributed by atoms with Gasteiger partial charge in [-0.1, -0.05) is 13.3 Å². The van der Waals surface area contributed by atoms with Crippen molar-refractivity contribution < 1.29 is 8.42 Å². The van der Waals surface area contributed by atoms with Crippen LogP contribution in [0.3, 0.4) is 0 Å². The molecule has 124 valence electrons. The molecule has 0 saturated carbocycles. The van der Waals surface area contributed by atoms with Gasteiger partial charge in [0.05, 0.1) is 0 Å². The lowest BCUT2D eigenvalue weighted by molar-refractivity contribution is 0.243. The standard InChI is InChI=1S/C14H30N4O2S/c1-3-15-11-14-6-4-5-8-18(14)21(19,20)16-10-13-7-9-17(2)12-13/h13-16H,3-12H2,1-2H3. The molecule has 0 aromatic rings. The molecule has 0 spiro atoms. The summed E-state index contributed by atoms with van der Waals surface area (Å²) in [4.78, 5) is 2.26. The van der Waals surface area contributed by atoms with E-state index in [9.17, 15) is 8.42 Å². The Morgan fingerprint density at radius 2 is 1.95 bits per heavy atom. The maximum Gasteiger partial charge on any atom is 0.279 e. The van der Waals surface area contributed by atoms with Crippen LogP contribution in [-0.4, -0.2) is 70.0 Å². The number of likely N-dealkylation sites (tertiary alicyclic amines) is 1. The summed E-state index contributed by atoms with van der Waals surface area (Å²) in [6, 6.07) is 0.0995. The van der Waals surface area contributed by atoms with Crippen molar-refractivity contribution in [1.29, 1.82) is 0 Å². The van der Waals surface area contributed by atoms with Crippen molar-refractivity contribution in [2.24, 2.45) is 5.92 Å². The summed E-state index contributed by atoms with van der Waals surface area (Å²) in [5.41, 5.74) is 0. The highest BCUT2D eigenvalue weighted by Gasteiger charge is 2.32. The van der Waals surface area contributed by atoms with Crippen LogP contribution in [0.25, 0.3) is 0 Å². The van der Waals surface area contributed by atoms with E-state index >= 15 is 0 Å². The topological polar surface area (TPSA) is 64.7 Å². The van der Waals surface area contributed by atoms with Gasteiger partial charge in [0, 0.05) is 32.2 Å². The molecule has 2 heterocycles. The van der Waals surface area contributed by atoms with Crippen molar-refractivity contribution in [3.63, 3.8) is 0 Å². The minimum Gasteiger partial charge on any atom is -0.315 e. The monoisotopic (exact) mass is 318 g/mol. The van der Waals surface area contributed by atoms with E-state index in [2.05, 4.69) is 28.9 Å². The van der Waals surface area contributed by atoms with Gasteiger partial charge in [0.1, 0.15) is 0 Å². The fourth-order valence-corrected chi connectivity index (χ4v) is 4.86. The van der Waals surface area contributed by atoms with E-state index in [1.165, 1.54) is 0 Å². The third kappa shape index (κ3) is 4.89. The van der Waals surface area contributed by atoms with Gasteiger partial charge in [0.15, 0.2) is 0 Å². The lowest BCUT2D eigenvalue weighted by atomic mass is 10.1. The van der Waals surface area contributed by atoms with Crippen LogP contribution in [0.15, 0.2) is 0 Å². The Morgan fingerprint density at radius 1 is 1.14 bits per heavy atom. The molecule has 2 aliphatic heterocycles. The number of rotatable bonds is 7. The second kappa shape index (κ2) is 7.87. The van der Waals surface area contributed by atoms with Gasteiger partial charge in [-0.05, 0) is 45.3 Å². The molecule has 2 fully saturated rings. The molecule has 0 radical (unpaired) electrons. The van der Waals surface area contributed by atoms with Crippen LogP contribution in [0, 0.1) is 5.92 Å². The minimum atomic E-state index is -3.34. The molecular formula is C14H30N4O2S. The first-order valence-electron chi connectivity index (χ1n) is 8.18. The zero-order valence-electron chi connectivity index (χ0n) is 13.3. The number of hydrogen-bond donors (Lipinski definition) is 2. The van der Waals surface area contributed by atoms with Crippen LogP contribution in [0.5, 0.6) is 0 Å². The lowest BCUT2D eigenvalue weighted by Crippen LogP contribution is -2.53. The van der Waals surface area contributed by atoms with Crippen LogP contribution in [0.1, 0.15) is 32.6 Å². The second-order valence-electron chi connectivity index (χ2n) is 6.34. The summed E-state index contributed by atoms with van der Waals surface area (Å²) >= 11 is 0. The molecule has 7 heteroatoms. The van der Waals surface area contributed by atoms with E-state index in [1.54, 1.807) is 4.31 Å². The molecule has 0 aromatic heterocycles. The van der Waals surface area contributed by atoms with Crippen molar-refractivity contribution in [2.75, 3.05) is 46.3 Å². The first-order chi connectivity index (χ1) is 10.0. The molecule has 2 aliphatic rings. The summed E-state index contributed by atoms with van der Waals surface area (Å²) in [6.45, 7) is 6.96. The highest BCUT2D eigenvalue weighted by atomic mass is 32.2. The Bertz CT molecular complexity index is 415. The minimum absolute atomic E-state index is 0.0995. The van der Waals surface area contributed by atoms with Crippen LogP contribution in [0.4, 0.5) is 0 Å². The van der Waals surface area contributed by atoms with Gasteiger partial charge in [-0.25, -0.2) is 4.72 Å². The average Bonchev–Trinajstić information content (AvgIpc) is 2.89. The smallest absolute Gasteiger partial charge is 0.279 e. The predicted molar refractivity (Wildman–Crippen MR) is 85.4 cm³/mol. The second-order valence-corrected chi connectivity index (χ2v) is 8.05. The third-order valence-electron chi connectivity index (χ3n) is 4.56. The summed E-state index contributed by atoms with van der Waals surface area (Å²) in [6.07, 6.45) is 4.13. The summed E-state index contributed by atoms with van der Waals surface area (Å²) in [5, 5.41) is 3.28. The zero-order valence-corrected chi connectivity index (χ0v) is 14.2. The Hall–Kier alpha value is -0.210. The SMILES string of the molecule is CCNCC1CCCCN1S(=O)(=O)NCC1CCN(C)C1. The van der Waals surface area contributed by atoms with Gasteiger partial charge in [0.2, 0.25) is 0 Å². The zero-order chi connectivity index (χ0) is 15.3. The molecule has 0 aromatic carbocycles. The Morgan fingerprint density at radius 3 is 2.62 bits per heavy atom. The highest BCUT2D eigenvalue weighted by Crippen LogP contribution is 2.20. The van der Waals surface area contributed by atoms with Crippen molar-refractivity contribution in [3.05, 3.63) is 0 Å². The van der Waals surface area contributed by atoms with Crippen LogP contribution < -0.4 is 10.0 Å². The molecule has 2 N–H and O–H groups in total.